The van der Waals surface area contributed by atoms with Crippen LogP contribution in [0.4, 0.5) is 0 Å². The van der Waals surface area contributed by atoms with E-state index in [-0.39, 0.29) is 11.9 Å². The lowest BCUT2D eigenvalue weighted by Gasteiger charge is -2.46. The van der Waals surface area contributed by atoms with Gasteiger partial charge in [-0.3, -0.25) is 4.79 Å². The van der Waals surface area contributed by atoms with E-state index >= 15 is 0 Å². The predicted molar refractivity (Wildman–Crippen MR) is 106 cm³/mol. The summed E-state index contributed by atoms with van der Waals surface area (Å²) in [4.78, 5) is 14.5. The van der Waals surface area contributed by atoms with Crippen LogP contribution >= 0.6 is 0 Å². The summed E-state index contributed by atoms with van der Waals surface area (Å²) >= 11 is 0. The molecule has 0 aromatic heterocycles. The van der Waals surface area contributed by atoms with E-state index in [0.717, 1.165) is 5.56 Å². The first-order chi connectivity index (χ1) is 14.1. The molecule has 0 spiro atoms. The number of rotatable bonds is 9. The van der Waals surface area contributed by atoms with Crippen LogP contribution in [-0.2, 0) is 9.53 Å². The zero-order chi connectivity index (χ0) is 20.8. The molecule has 1 heterocycles. The number of benzene rings is 2. The van der Waals surface area contributed by atoms with Crippen molar-refractivity contribution in [3.05, 3.63) is 53.6 Å². The molecule has 7 nitrogen and oxygen atoms in total. The van der Waals surface area contributed by atoms with Gasteiger partial charge in [-0.15, -0.1) is 0 Å². The Hall–Kier alpha value is -3.24. The molecule has 1 fully saturated rings. The van der Waals surface area contributed by atoms with Gasteiger partial charge in [0, 0.05) is 13.7 Å². The van der Waals surface area contributed by atoms with E-state index in [9.17, 15) is 4.79 Å². The van der Waals surface area contributed by atoms with Gasteiger partial charge < -0.3 is 23.8 Å². The Kier molecular flexibility index (Phi) is 6.57. The molecule has 2 aromatic carbocycles. The summed E-state index contributed by atoms with van der Waals surface area (Å²) in [7, 11) is 3.18. The Morgan fingerprint density at radius 2 is 1.97 bits per heavy atom. The highest BCUT2D eigenvalue weighted by molar-refractivity contribution is 5.89. The van der Waals surface area contributed by atoms with Crippen molar-refractivity contribution in [3.8, 4) is 23.3 Å². The van der Waals surface area contributed by atoms with E-state index in [1.54, 1.807) is 43.4 Å². The van der Waals surface area contributed by atoms with E-state index in [2.05, 4.69) is 6.07 Å². The minimum Gasteiger partial charge on any atom is -0.493 e. The monoisotopic (exact) mass is 396 g/mol. The van der Waals surface area contributed by atoms with Crippen molar-refractivity contribution in [2.75, 3.05) is 34.0 Å². The number of likely N-dealkylation sites (tertiary alicyclic amines) is 1. The maximum atomic E-state index is 12.8. The van der Waals surface area contributed by atoms with E-state index in [1.165, 1.54) is 0 Å². The van der Waals surface area contributed by atoms with E-state index in [0.29, 0.717) is 42.6 Å². The third-order valence-electron chi connectivity index (χ3n) is 4.74. The molecular weight excluding hydrogens is 372 g/mol. The number of hydrogen-bond acceptors (Lipinski definition) is 6. The van der Waals surface area contributed by atoms with Crippen LogP contribution in [0, 0.1) is 11.3 Å². The first-order valence-electron chi connectivity index (χ1n) is 9.39. The van der Waals surface area contributed by atoms with E-state index < -0.39 is 6.10 Å². The number of carbonyl (C=O) groups is 1. The molecule has 2 aromatic rings. The Labute approximate surface area is 170 Å². The van der Waals surface area contributed by atoms with Crippen molar-refractivity contribution in [2.24, 2.45) is 0 Å². The molecule has 0 bridgehead atoms. The summed E-state index contributed by atoms with van der Waals surface area (Å²) in [6.07, 6.45) is -0.691. The average molecular weight is 396 g/mol. The highest BCUT2D eigenvalue weighted by Crippen LogP contribution is 2.40. The number of ether oxygens (including phenoxy) is 4. The SMILES string of the molecule is CCOc1ccc([C@H]2[C@H](Oc3cccc(C#N)c3)C(=O)N2CCOC)cc1OC. The Balaban J connectivity index is 1.90. The Morgan fingerprint density at radius 3 is 2.66 bits per heavy atom. The van der Waals surface area contributed by atoms with E-state index in [1.807, 2.05) is 25.1 Å². The maximum absolute atomic E-state index is 12.8. The van der Waals surface area contributed by atoms with Crippen LogP contribution in [0.15, 0.2) is 42.5 Å². The van der Waals surface area contributed by atoms with Crippen molar-refractivity contribution in [2.45, 2.75) is 19.1 Å². The molecule has 2 atom stereocenters. The van der Waals surface area contributed by atoms with Crippen molar-refractivity contribution in [3.63, 3.8) is 0 Å². The second-order valence-electron chi connectivity index (χ2n) is 6.49. The summed E-state index contributed by atoms with van der Waals surface area (Å²) < 4.78 is 22.2. The van der Waals surface area contributed by atoms with Gasteiger partial charge in [-0.25, -0.2) is 0 Å². The molecule has 152 valence electrons. The Bertz CT molecular complexity index is 908. The second kappa shape index (κ2) is 9.30. The van der Waals surface area contributed by atoms with Crippen LogP contribution in [0.3, 0.4) is 0 Å². The van der Waals surface area contributed by atoms with Gasteiger partial charge in [-0.2, -0.15) is 5.26 Å². The molecule has 0 N–H and O–H groups in total. The summed E-state index contributed by atoms with van der Waals surface area (Å²) in [5, 5.41) is 9.10. The zero-order valence-corrected chi connectivity index (χ0v) is 16.8. The molecule has 7 heteroatoms. The predicted octanol–water partition coefficient (Wildman–Crippen LogP) is 2.94. The smallest absolute Gasteiger partial charge is 0.266 e. The molecule has 1 aliphatic rings. The Morgan fingerprint density at radius 1 is 1.14 bits per heavy atom. The quantitative estimate of drug-likeness (QED) is 0.606. The normalized spacial score (nSPS) is 18.0. The molecule has 1 amide bonds. The lowest BCUT2D eigenvalue weighted by atomic mass is 9.90. The van der Waals surface area contributed by atoms with Crippen LogP contribution < -0.4 is 14.2 Å². The molecule has 0 saturated carbocycles. The summed E-state index contributed by atoms with van der Waals surface area (Å²) in [5.74, 6) is 1.60. The minimum absolute atomic E-state index is 0.123. The van der Waals surface area contributed by atoms with Crippen LogP contribution in [0.25, 0.3) is 0 Å². The van der Waals surface area contributed by atoms with Crippen molar-refractivity contribution in [1.82, 2.24) is 4.90 Å². The fraction of sp³-hybridized carbons (Fsp3) is 0.364. The number of nitrogens with zero attached hydrogens (tertiary/aromatic N) is 2. The van der Waals surface area contributed by atoms with Gasteiger partial charge in [0.1, 0.15) is 11.8 Å². The first kappa shape index (κ1) is 20.5. The number of amides is 1. The molecule has 1 saturated heterocycles. The molecule has 3 rings (SSSR count). The number of hydrogen-bond donors (Lipinski definition) is 0. The van der Waals surface area contributed by atoms with Crippen molar-refractivity contribution < 1.29 is 23.7 Å². The average Bonchev–Trinajstić information content (AvgIpc) is 2.76. The van der Waals surface area contributed by atoms with Crippen LogP contribution in [-0.4, -0.2) is 50.9 Å². The molecular formula is C22H24N2O5. The van der Waals surface area contributed by atoms with Gasteiger partial charge in [0.2, 0.25) is 6.10 Å². The van der Waals surface area contributed by atoms with Crippen molar-refractivity contribution >= 4 is 5.91 Å². The van der Waals surface area contributed by atoms with Gasteiger partial charge >= 0.3 is 0 Å². The van der Waals surface area contributed by atoms with Gasteiger partial charge in [0.15, 0.2) is 11.5 Å². The molecule has 0 aliphatic carbocycles. The maximum Gasteiger partial charge on any atom is 0.266 e. The summed E-state index contributed by atoms with van der Waals surface area (Å²) in [6.45, 7) is 3.31. The third-order valence-corrected chi connectivity index (χ3v) is 4.74. The molecule has 0 unspecified atom stereocenters. The fourth-order valence-electron chi connectivity index (χ4n) is 3.35. The standard InChI is InChI=1S/C22H24N2O5/c1-4-28-18-9-8-16(13-19(18)27-3)20-21(22(25)24(20)10-11-26-2)29-17-7-5-6-15(12-17)14-23/h5-9,12-13,20-21H,4,10-11H2,1-3H3/t20-,21-/m0/s1. The third kappa shape index (κ3) is 4.28. The first-order valence-corrected chi connectivity index (χ1v) is 9.39. The number of nitriles is 1. The topological polar surface area (TPSA) is 81.0 Å². The minimum atomic E-state index is -0.691. The summed E-state index contributed by atoms with van der Waals surface area (Å²) in [5.41, 5.74) is 1.35. The number of methoxy groups -OCH3 is 2. The lowest BCUT2D eigenvalue weighted by molar-refractivity contribution is -0.165. The highest BCUT2D eigenvalue weighted by atomic mass is 16.5. The molecule has 1 aliphatic heterocycles. The van der Waals surface area contributed by atoms with Crippen LogP contribution in [0.5, 0.6) is 17.2 Å². The van der Waals surface area contributed by atoms with Gasteiger partial charge in [-0.1, -0.05) is 12.1 Å². The van der Waals surface area contributed by atoms with Crippen LogP contribution in [0.2, 0.25) is 0 Å². The fourth-order valence-corrected chi connectivity index (χ4v) is 3.35. The van der Waals surface area contributed by atoms with Crippen LogP contribution in [0.1, 0.15) is 24.1 Å². The number of carbonyl (C=O) groups excluding carboxylic acids is 1. The van der Waals surface area contributed by atoms with Gasteiger partial charge in [-0.05, 0) is 42.8 Å². The summed E-state index contributed by atoms with van der Waals surface area (Å²) in [6, 6.07) is 14.2. The van der Waals surface area contributed by atoms with Crippen molar-refractivity contribution in [1.29, 1.82) is 5.26 Å². The zero-order valence-electron chi connectivity index (χ0n) is 16.8. The highest BCUT2D eigenvalue weighted by Gasteiger charge is 2.50. The molecule has 29 heavy (non-hydrogen) atoms. The second-order valence-corrected chi connectivity index (χ2v) is 6.49. The lowest BCUT2D eigenvalue weighted by Crippen LogP contribution is -2.61. The van der Waals surface area contributed by atoms with E-state index in [4.69, 9.17) is 24.2 Å². The number of β-lactam (4-membered cyclic amide) rings is 1. The largest absolute Gasteiger partial charge is 0.493 e. The van der Waals surface area contributed by atoms with Gasteiger partial charge in [0.25, 0.3) is 5.91 Å². The van der Waals surface area contributed by atoms with Gasteiger partial charge in [0.05, 0.1) is 32.0 Å². The molecule has 0 radical (unpaired) electrons.